The Morgan fingerprint density at radius 3 is 2.73 bits per heavy atom. The van der Waals surface area contributed by atoms with E-state index in [1.165, 1.54) is 7.11 Å². The molecule has 1 rings (SSSR count). The SMILES string of the molecule is COc1c(O)cc(Cl)c(F)c1C(C)CN. The largest absolute Gasteiger partial charge is 0.504 e. The first kappa shape index (κ1) is 12.1. The van der Waals surface area contributed by atoms with E-state index in [9.17, 15) is 9.50 Å². The Kier molecular flexibility index (Phi) is 3.77. The van der Waals surface area contributed by atoms with Gasteiger partial charge in [-0.15, -0.1) is 0 Å². The molecular formula is C10H13ClFNO2. The van der Waals surface area contributed by atoms with Gasteiger partial charge in [-0.3, -0.25) is 0 Å². The summed E-state index contributed by atoms with van der Waals surface area (Å²) in [6.07, 6.45) is 0. The van der Waals surface area contributed by atoms with Crippen molar-refractivity contribution in [3.63, 3.8) is 0 Å². The van der Waals surface area contributed by atoms with E-state index in [1.54, 1.807) is 6.92 Å². The zero-order valence-electron chi connectivity index (χ0n) is 8.55. The normalized spacial score (nSPS) is 12.6. The number of hydrogen-bond acceptors (Lipinski definition) is 3. The topological polar surface area (TPSA) is 55.5 Å². The van der Waals surface area contributed by atoms with Crippen molar-refractivity contribution in [1.29, 1.82) is 0 Å². The first-order chi connectivity index (χ1) is 7.02. The number of aromatic hydroxyl groups is 1. The molecular weight excluding hydrogens is 221 g/mol. The summed E-state index contributed by atoms with van der Waals surface area (Å²) in [5.74, 6) is -0.956. The average molecular weight is 234 g/mol. The fraction of sp³-hybridized carbons (Fsp3) is 0.400. The van der Waals surface area contributed by atoms with Crippen LogP contribution in [0.1, 0.15) is 18.4 Å². The van der Waals surface area contributed by atoms with Gasteiger partial charge in [-0.05, 0) is 6.54 Å². The van der Waals surface area contributed by atoms with Crippen LogP contribution in [0.2, 0.25) is 5.02 Å². The molecule has 0 radical (unpaired) electrons. The molecule has 0 aliphatic rings. The minimum Gasteiger partial charge on any atom is -0.504 e. The van der Waals surface area contributed by atoms with Crippen molar-refractivity contribution in [2.24, 2.45) is 5.73 Å². The highest BCUT2D eigenvalue weighted by Crippen LogP contribution is 2.39. The van der Waals surface area contributed by atoms with Gasteiger partial charge in [-0.2, -0.15) is 0 Å². The maximum atomic E-state index is 13.7. The summed E-state index contributed by atoms with van der Waals surface area (Å²) in [7, 11) is 1.36. The minimum absolute atomic E-state index is 0.0925. The maximum Gasteiger partial charge on any atom is 0.167 e. The second-order valence-electron chi connectivity index (χ2n) is 3.28. The molecule has 1 aromatic carbocycles. The quantitative estimate of drug-likeness (QED) is 0.842. The van der Waals surface area contributed by atoms with E-state index in [2.05, 4.69) is 0 Å². The van der Waals surface area contributed by atoms with Crippen LogP contribution in [0.4, 0.5) is 4.39 Å². The summed E-state index contributed by atoms with van der Waals surface area (Å²) in [6, 6.07) is 1.11. The molecule has 3 nitrogen and oxygen atoms in total. The molecule has 0 aliphatic carbocycles. The predicted molar refractivity (Wildman–Crippen MR) is 57.1 cm³/mol. The van der Waals surface area contributed by atoms with Crippen LogP contribution in [0.15, 0.2) is 6.07 Å². The van der Waals surface area contributed by atoms with E-state index in [4.69, 9.17) is 22.1 Å². The van der Waals surface area contributed by atoms with Crippen LogP contribution in [0.25, 0.3) is 0 Å². The second kappa shape index (κ2) is 4.68. The van der Waals surface area contributed by atoms with Crippen molar-refractivity contribution in [3.8, 4) is 11.5 Å². The van der Waals surface area contributed by atoms with Crippen LogP contribution in [-0.4, -0.2) is 18.8 Å². The van der Waals surface area contributed by atoms with Crippen LogP contribution in [0, 0.1) is 5.82 Å². The molecule has 3 N–H and O–H groups in total. The first-order valence-electron chi connectivity index (χ1n) is 4.47. The molecule has 1 aromatic rings. The Bertz CT molecular complexity index is 371. The van der Waals surface area contributed by atoms with E-state index < -0.39 is 5.82 Å². The van der Waals surface area contributed by atoms with Crippen LogP contribution in [0.5, 0.6) is 11.5 Å². The number of phenols is 1. The highest BCUT2D eigenvalue weighted by molar-refractivity contribution is 6.31. The van der Waals surface area contributed by atoms with Crippen molar-refractivity contribution in [1.82, 2.24) is 0 Å². The number of halogens is 2. The lowest BCUT2D eigenvalue weighted by Crippen LogP contribution is -2.12. The zero-order valence-corrected chi connectivity index (χ0v) is 9.31. The van der Waals surface area contributed by atoms with Crippen molar-refractivity contribution in [3.05, 3.63) is 22.5 Å². The van der Waals surface area contributed by atoms with Crippen LogP contribution < -0.4 is 10.5 Å². The first-order valence-corrected chi connectivity index (χ1v) is 4.85. The number of nitrogens with two attached hydrogens (primary N) is 1. The third-order valence-electron chi connectivity index (χ3n) is 2.24. The van der Waals surface area contributed by atoms with Gasteiger partial charge in [0.15, 0.2) is 11.5 Å². The molecule has 0 amide bonds. The van der Waals surface area contributed by atoms with Gasteiger partial charge in [-0.25, -0.2) is 4.39 Å². The molecule has 1 unspecified atom stereocenters. The number of benzene rings is 1. The Morgan fingerprint density at radius 1 is 1.67 bits per heavy atom. The van der Waals surface area contributed by atoms with Gasteiger partial charge in [0.05, 0.1) is 12.1 Å². The molecule has 0 aliphatic heterocycles. The van der Waals surface area contributed by atoms with Crippen molar-refractivity contribution >= 4 is 11.6 Å². The highest BCUT2D eigenvalue weighted by Gasteiger charge is 2.21. The predicted octanol–water partition coefficient (Wildman–Crippen LogP) is 2.26. The zero-order chi connectivity index (χ0) is 11.6. The number of methoxy groups -OCH3 is 1. The van der Waals surface area contributed by atoms with E-state index in [0.29, 0.717) is 0 Å². The number of hydrogen-bond donors (Lipinski definition) is 2. The Balaban J connectivity index is 3.43. The molecule has 5 heteroatoms. The monoisotopic (exact) mass is 233 g/mol. The highest BCUT2D eigenvalue weighted by atomic mass is 35.5. The Hall–Kier alpha value is -1.00. The van der Waals surface area contributed by atoms with Gasteiger partial charge in [0, 0.05) is 17.5 Å². The molecule has 15 heavy (non-hydrogen) atoms. The summed E-state index contributed by atoms with van der Waals surface area (Å²) >= 11 is 5.62. The third kappa shape index (κ3) is 2.16. The summed E-state index contributed by atoms with van der Waals surface area (Å²) in [6.45, 7) is 1.98. The molecule has 0 spiro atoms. The Morgan fingerprint density at radius 2 is 2.27 bits per heavy atom. The summed E-state index contributed by atoms with van der Waals surface area (Å²) in [5, 5.41) is 9.39. The number of rotatable bonds is 3. The molecule has 0 fully saturated rings. The minimum atomic E-state index is -0.593. The molecule has 0 saturated heterocycles. The summed E-state index contributed by atoms with van der Waals surface area (Å²) in [4.78, 5) is 0. The lowest BCUT2D eigenvalue weighted by Gasteiger charge is -2.16. The van der Waals surface area contributed by atoms with Crippen LogP contribution >= 0.6 is 11.6 Å². The van der Waals surface area contributed by atoms with Gasteiger partial charge in [-0.1, -0.05) is 18.5 Å². The van der Waals surface area contributed by atoms with Crippen LogP contribution in [-0.2, 0) is 0 Å². The van der Waals surface area contributed by atoms with Crippen molar-refractivity contribution < 1.29 is 14.2 Å². The standard InChI is InChI=1S/C10H13ClFNO2/c1-5(4-13)8-9(12)6(11)3-7(14)10(8)15-2/h3,5,14H,4,13H2,1-2H3. The van der Waals surface area contributed by atoms with Gasteiger partial charge in [0.25, 0.3) is 0 Å². The molecule has 0 bridgehead atoms. The molecule has 0 heterocycles. The van der Waals surface area contributed by atoms with E-state index in [0.717, 1.165) is 6.07 Å². The van der Waals surface area contributed by atoms with Gasteiger partial charge >= 0.3 is 0 Å². The fourth-order valence-electron chi connectivity index (χ4n) is 1.39. The van der Waals surface area contributed by atoms with Gasteiger partial charge in [0.1, 0.15) is 5.82 Å². The molecule has 84 valence electrons. The molecule has 0 saturated carbocycles. The van der Waals surface area contributed by atoms with E-state index in [-0.39, 0.29) is 34.5 Å². The van der Waals surface area contributed by atoms with E-state index in [1.807, 2.05) is 0 Å². The van der Waals surface area contributed by atoms with Crippen molar-refractivity contribution in [2.45, 2.75) is 12.8 Å². The number of ether oxygens (including phenoxy) is 1. The lowest BCUT2D eigenvalue weighted by atomic mass is 9.99. The van der Waals surface area contributed by atoms with Crippen molar-refractivity contribution in [2.75, 3.05) is 13.7 Å². The third-order valence-corrected chi connectivity index (χ3v) is 2.51. The summed E-state index contributed by atoms with van der Waals surface area (Å²) in [5.41, 5.74) is 5.66. The fourth-order valence-corrected chi connectivity index (χ4v) is 1.59. The average Bonchev–Trinajstić information content (AvgIpc) is 2.21. The lowest BCUT2D eigenvalue weighted by molar-refractivity contribution is 0.362. The smallest absolute Gasteiger partial charge is 0.167 e. The van der Waals surface area contributed by atoms with Gasteiger partial charge < -0.3 is 15.6 Å². The second-order valence-corrected chi connectivity index (χ2v) is 3.68. The molecule has 0 aromatic heterocycles. The molecule has 1 atom stereocenters. The number of phenolic OH excluding ortho intramolecular Hbond substituents is 1. The Labute approximate surface area is 92.6 Å². The van der Waals surface area contributed by atoms with Crippen LogP contribution in [0.3, 0.4) is 0 Å². The maximum absolute atomic E-state index is 13.7. The summed E-state index contributed by atoms with van der Waals surface area (Å²) < 4.78 is 18.6. The van der Waals surface area contributed by atoms with Gasteiger partial charge in [0.2, 0.25) is 0 Å². The van der Waals surface area contributed by atoms with E-state index >= 15 is 0 Å².